The lowest BCUT2D eigenvalue weighted by Crippen LogP contribution is -2.20. The number of carbonyl (C=O) groups is 2. The molecule has 6 heteroatoms. The van der Waals surface area contributed by atoms with E-state index in [-0.39, 0.29) is 30.0 Å². The molecule has 0 aromatic carbocycles. The zero-order valence-corrected chi connectivity index (χ0v) is 15.6. The van der Waals surface area contributed by atoms with Gasteiger partial charge in [0.05, 0.1) is 24.7 Å². The molecular formula is C21H22O6. The fraction of sp³-hybridized carbons (Fsp3) is 0.429. The summed E-state index contributed by atoms with van der Waals surface area (Å²) in [6.07, 6.45) is 1.19. The van der Waals surface area contributed by atoms with Crippen molar-refractivity contribution in [1.29, 1.82) is 0 Å². The summed E-state index contributed by atoms with van der Waals surface area (Å²) in [6.45, 7) is 11.8. The number of rotatable bonds is 3. The molecule has 142 valence electrons. The second-order valence-corrected chi connectivity index (χ2v) is 7.47. The molecule has 3 aliphatic heterocycles. The van der Waals surface area contributed by atoms with Crippen molar-refractivity contribution in [2.24, 2.45) is 5.92 Å². The topological polar surface area (TPSA) is 78.3 Å². The molecule has 1 aromatic heterocycles. The Morgan fingerprint density at radius 3 is 2.63 bits per heavy atom. The molecule has 5 atom stereocenters. The van der Waals surface area contributed by atoms with Crippen LogP contribution in [0.1, 0.15) is 41.6 Å². The van der Waals surface area contributed by atoms with Crippen LogP contribution in [0.25, 0.3) is 0 Å². The number of epoxide rings is 1. The highest BCUT2D eigenvalue weighted by Crippen LogP contribution is 2.45. The van der Waals surface area contributed by atoms with Crippen molar-refractivity contribution in [2.45, 2.75) is 44.5 Å². The van der Waals surface area contributed by atoms with E-state index in [4.69, 9.17) is 18.6 Å². The molecule has 0 saturated carbocycles. The summed E-state index contributed by atoms with van der Waals surface area (Å²) in [5.74, 6) is -0.260. The third-order valence-electron chi connectivity index (χ3n) is 5.49. The van der Waals surface area contributed by atoms with Gasteiger partial charge in [-0.15, -0.1) is 0 Å². The molecule has 27 heavy (non-hydrogen) atoms. The molecule has 6 nitrogen and oxygen atoms in total. The molecule has 0 amide bonds. The Balaban J connectivity index is 1.87. The highest BCUT2D eigenvalue weighted by atomic mass is 16.6. The Morgan fingerprint density at radius 1 is 1.26 bits per heavy atom. The summed E-state index contributed by atoms with van der Waals surface area (Å²) in [4.78, 5) is 24.7. The lowest BCUT2D eigenvalue weighted by Gasteiger charge is -2.20. The highest BCUT2D eigenvalue weighted by Gasteiger charge is 2.53. The highest BCUT2D eigenvalue weighted by molar-refractivity contribution is 5.93. The molecule has 0 spiro atoms. The van der Waals surface area contributed by atoms with Gasteiger partial charge in [-0.2, -0.15) is 0 Å². The summed E-state index contributed by atoms with van der Waals surface area (Å²) in [7, 11) is 1.34. The van der Waals surface area contributed by atoms with Crippen molar-refractivity contribution in [3.05, 3.63) is 59.1 Å². The molecule has 0 radical (unpaired) electrons. The van der Waals surface area contributed by atoms with E-state index >= 15 is 0 Å². The van der Waals surface area contributed by atoms with Gasteiger partial charge in [0, 0.05) is 12.3 Å². The van der Waals surface area contributed by atoms with Crippen LogP contribution < -0.4 is 0 Å². The van der Waals surface area contributed by atoms with E-state index in [0.29, 0.717) is 29.1 Å². The van der Waals surface area contributed by atoms with Gasteiger partial charge in [0.1, 0.15) is 29.3 Å². The van der Waals surface area contributed by atoms with Crippen LogP contribution in [0.5, 0.6) is 0 Å². The normalized spacial score (nSPS) is 31.1. The maximum absolute atomic E-state index is 12.4. The zero-order valence-electron chi connectivity index (χ0n) is 15.6. The standard InChI is InChI=1S/C21H22O6/c1-9(2)11-6-14-12(20(22)24-5)7-15(25-14)17(10(3)4)16-8-13(21(23)26-16)19-18(11)27-19/h7-8,11,16-19H,1,3,6H2,2,4-5H3/t11?,16-,17?,18-,19+/m1/s1. The first-order valence-corrected chi connectivity index (χ1v) is 8.91. The second-order valence-electron chi connectivity index (χ2n) is 7.47. The summed E-state index contributed by atoms with van der Waals surface area (Å²) in [5, 5.41) is 0. The molecule has 3 aliphatic rings. The van der Waals surface area contributed by atoms with Crippen molar-refractivity contribution in [3.63, 3.8) is 0 Å². The van der Waals surface area contributed by atoms with Crippen LogP contribution in [0.15, 0.2) is 46.4 Å². The number of carbonyl (C=O) groups excluding carboxylic acids is 2. The first-order chi connectivity index (χ1) is 12.8. The van der Waals surface area contributed by atoms with Crippen molar-refractivity contribution in [2.75, 3.05) is 7.11 Å². The van der Waals surface area contributed by atoms with Gasteiger partial charge in [0.15, 0.2) is 0 Å². The third kappa shape index (κ3) is 2.84. The van der Waals surface area contributed by atoms with Crippen molar-refractivity contribution in [3.8, 4) is 0 Å². The van der Waals surface area contributed by atoms with Crippen LogP contribution in [0.4, 0.5) is 0 Å². The minimum absolute atomic E-state index is 0.0912. The van der Waals surface area contributed by atoms with Gasteiger partial charge in [0.25, 0.3) is 0 Å². The Morgan fingerprint density at radius 2 is 2.00 bits per heavy atom. The zero-order chi connectivity index (χ0) is 19.5. The predicted molar refractivity (Wildman–Crippen MR) is 96.2 cm³/mol. The Bertz CT molecular complexity index is 888. The summed E-state index contributed by atoms with van der Waals surface area (Å²) in [5.41, 5.74) is 2.58. The maximum atomic E-state index is 12.4. The third-order valence-corrected chi connectivity index (χ3v) is 5.49. The number of hydrogen-bond acceptors (Lipinski definition) is 6. The predicted octanol–water partition coefficient (Wildman–Crippen LogP) is 3.09. The van der Waals surface area contributed by atoms with Crippen LogP contribution in [-0.2, 0) is 25.4 Å². The van der Waals surface area contributed by atoms with E-state index in [1.165, 1.54) is 7.11 Å². The number of furan rings is 1. The first kappa shape index (κ1) is 17.8. The fourth-order valence-electron chi connectivity index (χ4n) is 4.02. The van der Waals surface area contributed by atoms with E-state index in [0.717, 1.165) is 11.1 Å². The van der Waals surface area contributed by atoms with Crippen LogP contribution >= 0.6 is 0 Å². The van der Waals surface area contributed by atoms with Crippen LogP contribution in [0, 0.1) is 5.92 Å². The van der Waals surface area contributed by atoms with E-state index < -0.39 is 12.1 Å². The number of fused-ring (bicyclic) bond motifs is 5. The molecule has 4 heterocycles. The van der Waals surface area contributed by atoms with Crippen molar-refractivity contribution >= 4 is 11.9 Å². The Hall–Kier alpha value is -2.60. The average Bonchev–Trinajstić information content (AvgIpc) is 3.12. The Kier molecular flexibility index (Phi) is 4.11. The average molecular weight is 370 g/mol. The molecule has 0 N–H and O–H groups in total. The monoisotopic (exact) mass is 370 g/mol. The first-order valence-electron chi connectivity index (χ1n) is 8.91. The second kappa shape index (κ2) is 6.23. The van der Waals surface area contributed by atoms with Gasteiger partial charge in [-0.1, -0.05) is 24.3 Å². The SMILES string of the molecule is C=C(C)C1Cc2oc(cc2C(=O)OC)C(C(=C)C)[C@H]2C=C(C(=O)O2)[C@@H]2O[C@H]12. The summed E-state index contributed by atoms with van der Waals surface area (Å²) >= 11 is 0. The van der Waals surface area contributed by atoms with Gasteiger partial charge >= 0.3 is 11.9 Å². The summed E-state index contributed by atoms with van der Waals surface area (Å²) in [6, 6.07) is 1.67. The van der Waals surface area contributed by atoms with Gasteiger partial charge in [-0.25, -0.2) is 9.59 Å². The van der Waals surface area contributed by atoms with Gasteiger partial charge < -0.3 is 18.6 Å². The number of methoxy groups -OCH3 is 1. The summed E-state index contributed by atoms with van der Waals surface area (Å²) < 4.78 is 22.4. The molecular weight excluding hydrogens is 348 g/mol. The van der Waals surface area contributed by atoms with E-state index in [2.05, 4.69) is 13.2 Å². The Labute approximate surface area is 157 Å². The lowest BCUT2D eigenvalue weighted by atomic mass is 9.87. The van der Waals surface area contributed by atoms with Crippen molar-refractivity contribution in [1.82, 2.24) is 0 Å². The van der Waals surface area contributed by atoms with E-state index in [1.54, 1.807) is 12.1 Å². The van der Waals surface area contributed by atoms with Gasteiger partial charge in [-0.3, -0.25) is 0 Å². The number of hydrogen-bond donors (Lipinski definition) is 0. The quantitative estimate of drug-likeness (QED) is 0.462. The van der Waals surface area contributed by atoms with Gasteiger partial charge in [0.2, 0.25) is 0 Å². The number of ether oxygens (including phenoxy) is 3. The molecule has 4 bridgehead atoms. The van der Waals surface area contributed by atoms with Crippen molar-refractivity contribution < 1.29 is 28.2 Å². The number of esters is 2. The van der Waals surface area contributed by atoms with E-state index in [9.17, 15) is 9.59 Å². The lowest BCUT2D eigenvalue weighted by molar-refractivity contribution is -0.140. The van der Waals surface area contributed by atoms with E-state index in [1.807, 2.05) is 13.8 Å². The fourth-order valence-corrected chi connectivity index (χ4v) is 4.02. The molecule has 1 fully saturated rings. The van der Waals surface area contributed by atoms with Gasteiger partial charge in [-0.05, 0) is 26.0 Å². The van der Waals surface area contributed by atoms with Crippen LogP contribution in [0.2, 0.25) is 0 Å². The minimum Gasteiger partial charge on any atom is -0.465 e. The largest absolute Gasteiger partial charge is 0.465 e. The maximum Gasteiger partial charge on any atom is 0.341 e. The smallest absolute Gasteiger partial charge is 0.341 e. The molecule has 1 saturated heterocycles. The van der Waals surface area contributed by atoms with Crippen LogP contribution in [-0.4, -0.2) is 37.4 Å². The minimum atomic E-state index is -0.541. The molecule has 2 unspecified atom stereocenters. The molecule has 0 aliphatic carbocycles. The van der Waals surface area contributed by atoms with Crippen LogP contribution in [0.3, 0.4) is 0 Å². The molecule has 1 aromatic rings. The molecule has 4 rings (SSSR count).